The highest BCUT2D eigenvalue weighted by Crippen LogP contribution is 2.25. The fourth-order valence-corrected chi connectivity index (χ4v) is 2.96. The van der Waals surface area contributed by atoms with Crippen LogP contribution in [-0.4, -0.2) is 26.3 Å². The maximum Gasteiger partial charge on any atom is 0.106 e. The van der Waals surface area contributed by atoms with Crippen LogP contribution in [0.25, 0.3) is 11.3 Å². The van der Waals surface area contributed by atoms with Gasteiger partial charge >= 0.3 is 0 Å². The van der Waals surface area contributed by atoms with Crippen LogP contribution in [0.1, 0.15) is 37.5 Å². The van der Waals surface area contributed by atoms with Gasteiger partial charge in [0.1, 0.15) is 5.82 Å². The first-order valence-electron chi connectivity index (χ1n) is 7.66. The van der Waals surface area contributed by atoms with Crippen molar-refractivity contribution in [1.29, 1.82) is 0 Å². The van der Waals surface area contributed by atoms with Crippen molar-refractivity contribution in [1.82, 2.24) is 19.7 Å². The summed E-state index contributed by atoms with van der Waals surface area (Å²) < 4.78 is 1.91. The smallest absolute Gasteiger partial charge is 0.106 e. The number of hydrogen-bond donors (Lipinski definition) is 2. The van der Waals surface area contributed by atoms with E-state index in [2.05, 4.69) is 35.8 Å². The van der Waals surface area contributed by atoms with E-state index in [1.807, 2.05) is 24.9 Å². The number of aromatic amines is 1. The molecule has 0 spiro atoms. The molecule has 0 radical (unpaired) electrons. The second-order valence-corrected chi connectivity index (χ2v) is 6.35. The van der Waals surface area contributed by atoms with Crippen LogP contribution in [0.15, 0.2) is 6.20 Å². The normalized spacial score (nSPS) is 13.1. The molecular weight excluding hydrogens is 262 g/mol. The number of imidazole rings is 1. The number of nitrogens with zero attached hydrogens (tertiary/aromatic N) is 3. The third kappa shape index (κ3) is 3.53. The van der Waals surface area contributed by atoms with Gasteiger partial charge in [-0.25, -0.2) is 4.98 Å². The maximum absolute atomic E-state index is 5.88. The molecule has 2 aromatic heterocycles. The number of nitrogens with two attached hydrogens (primary N) is 1. The van der Waals surface area contributed by atoms with Crippen LogP contribution in [0.3, 0.4) is 0 Å². The van der Waals surface area contributed by atoms with E-state index in [1.54, 1.807) is 0 Å². The van der Waals surface area contributed by atoms with Gasteiger partial charge in [0.2, 0.25) is 0 Å². The molecule has 2 heterocycles. The highest BCUT2D eigenvalue weighted by molar-refractivity contribution is 5.64. The summed E-state index contributed by atoms with van der Waals surface area (Å²) in [7, 11) is 1.97. The van der Waals surface area contributed by atoms with Gasteiger partial charge in [-0.05, 0) is 38.6 Å². The van der Waals surface area contributed by atoms with Crippen molar-refractivity contribution in [3.8, 4) is 11.3 Å². The number of hydrogen-bond acceptors (Lipinski definition) is 3. The number of rotatable bonds is 6. The van der Waals surface area contributed by atoms with Crippen LogP contribution in [0, 0.1) is 25.7 Å². The molecule has 0 aliphatic heterocycles. The Morgan fingerprint density at radius 2 is 2.05 bits per heavy atom. The molecule has 2 aromatic rings. The Balaban J connectivity index is 2.18. The summed E-state index contributed by atoms with van der Waals surface area (Å²) in [5.41, 5.74) is 10.3. The maximum atomic E-state index is 5.88. The first-order valence-corrected chi connectivity index (χ1v) is 7.66. The summed E-state index contributed by atoms with van der Waals surface area (Å²) in [6.45, 7) is 9.29. The molecule has 2 rings (SSSR count). The van der Waals surface area contributed by atoms with Gasteiger partial charge in [0.25, 0.3) is 0 Å². The molecule has 0 saturated heterocycles. The third-order valence-corrected chi connectivity index (χ3v) is 4.03. The molecule has 0 aliphatic carbocycles. The van der Waals surface area contributed by atoms with E-state index >= 15 is 0 Å². The standard InChI is InChI=1S/C16H27N5/c1-10(2)6-13(8-17)7-15-18-9-14(19-15)16-11(3)20-21(5)12(16)4/h9-10,13H,6-8,17H2,1-5H3,(H,18,19). The zero-order valence-electron chi connectivity index (χ0n) is 13.8. The predicted octanol–water partition coefficient (Wildman–Crippen LogP) is 2.59. The SMILES string of the molecule is Cc1nn(C)c(C)c1-c1cnc(CC(CN)CC(C)C)[nH]1. The monoisotopic (exact) mass is 289 g/mol. The minimum atomic E-state index is 0.486. The second-order valence-electron chi connectivity index (χ2n) is 6.35. The van der Waals surface area contributed by atoms with Gasteiger partial charge in [-0.2, -0.15) is 5.10 Å². The van der Waals surface area contributed by atoms with Crippen molar-refractivity contribution < 1.29 is 0 Å². The molecule has 1 unspecified atom stereocenters. The first kappa shape index (κ1) is 15.8. The first-order chi connectivity index (χ1) is 9.92. The topological polar surface area (TPSA) is 72.5 Å². The van der Waals surface area contributed by atoms with Crippen molar-refractivity contribution in [2.24, 2.45) is 24.6 Å². The molecule has 3 N–H and O–H groups in total. The Hall–Kier alpha value is -1.62. The van der Waals surface area contributed by atoms with Gasteiger partial charge in [0, 0.05) is 24.7 Å². The van der Waals surface area contributed by atoms with E-state index in [1.165, 1.54) is 0 Å². The van der Waals surface area contributed by atoms with Crippen molar-refractivity contribution in [3.63, 3.8) is 0 Å². The Morgan fingerprint density at radius 1 is 1.33 bits per heavy atom. The van der Waals surface area contributed by atoms with Crippen LogP contribution in [0.2, 0.25) is 0 Å². The fourth-order valence-electron chi connectivity index (χ4n) is 2.96. The molecule has 0 aromatic carbocycles. The van der Waals surface area contributed by atoms with Gasteiger partial charge in [-0.1, -0.05) is 13.8 Å². The number of nitrogens with one attached hydrogen (secondary N) is 1. The second kappa shape index (κ2) is 6.43. The summed E-state index contributed by atoms with van der Waals surface area (Å²) >= 11 is 0. The molecule has 21 heavy (non-hydrogen) atoms. The van der Waals surface area contributed by atoms with E-state index in [0.717, 1.165) is 41.3 Å². The van der Waals surface area contributed by atoms with Gasteiger partial charge in [0.15, 0.2) is 0 Å². The highest BCUT2D eigenvalue weighted by Gasteiger charge is 2.16. The van der Waals surface area contributed by atoms with Crippen LogP contribution in [0.5, 0.6) is 0 Å². The summed E-state index contributed by atoms with van der Waals surface area (Å²) in [5.74, 6) is 2.17. The van der Waals surface area contributed by atoms with Gasteiger partial charge in [-0.3, -0.25) is 4.68 Å². The average molecular weight is 289 g/mol. The molecule has 0 bridgehead atoms. The lowest BCUT2D eigenvalue weighted by Crippen LogP contribution is -2.19. The third-order valence-electron chi connectivity index (χ3n) is 4.03. The lowest BCUT2D eigenvalue weighted by atomic mass is 9.94. The van der Waals surface area contributed by atoms with Gasteiger partial charge < -0.3 is 10.7 Å². The number of aryl methyl sites for hydroxylation is 2. The summed E-state index contributed by atoms with van der Waals surface area (Å²) in [5, 5.41) is 4.46. The molecule has 0 aliphatic rings. The number of H-pyrrole nitrogens is 1. The van der Waals surface area contributed by atoms with E-state index in [9.17, 15) is 0 Å². The van der Waals surface area contributed by atoms with Gasteiger partial charge in [-0.15, -0.1) is 0 Å². The van der Waals surface area contributed by atoms with Crippen LogP contribution < -0.4 is 5.73 Å². The average Bonchev–Trinajstić information content (AvgIpc) is 2.94. The van der Waals surface area contributed by atoms with Crippen molar-refractivity contribution in [3.05, 3.63) is 23.4 Å². The molecule has 116 valence electrons. The van der Waals surface area contributed by atoms with E-state index < -0.39 is 0 Å². The van der Waals surface area contributed by atoms with Crippen molar-refractivity contribution in [2.75, 3.05) is 6.54 Å². The zero-order valence-corrected chi connectivity index (χ0v) is 13.8. The van der Waals surface area contributed by atoms with E-state index in [0.29, 0.717) is 18.4 Å². The lowest BCUT2D eigenvalue weighted by molar-refractivity contribution is 0.409. The minimum absolute atomic E-state index is 0.486. The molecule has 0 saturated carbocycles. The molecule has 1 atom stereocenters. The van der Waals surface area contributed by atoms with Gasteiger partial charge in [0.05, 0.1) is 17.6 Å². The van der Waals surface area contributed by atoms with Crippen LogP contribution in [0.4, 0.5) is 0 Å². The van der Waals surface area contributed by atoms with Crippen LogP contribution in [-0.2, 0) is 13.5 Å². The molecular formula is C16H27N5. The quantitative estimate of drug-likeness (QED) is 0.858. The van der Waals surface area contributed by atoms with E-state index in [4.69, 9.17) is 5.73 Å². The zero-order chi connectivity index (χ0) is 15.6. The summed E-state index contributed by atoms with van der Waals surface area (Å²) in [6.07, 6.45) is 3.96. The summed E-state index contributed by atoms with van der Waals surface area (Å²) in [4.78, 5) is 7.97. The molecule has 5 heteroatoms. The Kier molecular flexibility index (Phi) is 4.83. The largest absolute Gasteiger partial charge is 0.342 e. The predicted molar refractivity (Wildman–Crippen MR) is 86.0 cm³/mol. The molecule has 0 fully saturated rings. The van der Waals surface area contributed by atoms with E-state index in [-0.39, 0.29) is 0 Å². The summed E-state index contributed by atoms with van der Waals surface area (Å²) in [6, 6.07) is 0. The fraction of sp³-hybridized carbons (Fsp3) is 0.625. The number of aromatic nitrogens is 4. The minimum Gasteiger partial charge on any atom is -0.342 e. The van der Waals surface area contributed by atoms with Crippen LogP contribution >= 0.6 is 0 Å². The van der Waals surface area contributed by atoms with Crippen molar-refractivity contribution >= 4 is 0 Å². The lowest BCUT2D eigenvalue weighted by Gasteiger charge is -2.15. The highest BCUT2D eigenvalue weighted by atomic mass is 15.3. The molecule has 0 amide bonds. The Bertz CT molecular complexity index is 594. The van der Waals surface area contributed by atoms with Crippen molar-refractivity contribution in [2.45, 2.75) is 40.5 Å². The Labute approximate surface area is 127 Å². The Morgan fingerprint density at radius 3 is 2.57 bits per heavy atom. The molecule has 5 nitrogen and oxygen atoms in total.